The Labute approximate surface area is 161 Å². The van der Waals surface area contributed by atoms with Crippen LogP contribution in [0, 0.1) is 0 Å². The average molecular weight is 371 g/mol. The predicted molar refractivity (Wildman–Crippen MR) is 108 cm³/mol. The fourth-order valence-corrected chi connectivity index (χ4v) is 3.28. The van der Waals surface area contributed by atoms with Crippen molar-refractivity contribution in [3.63, 3.8) is 0 Å². The Morgan fingerprint density at radius 3 is 2.31 bits per heavy atom. The van der Waals surface area contributed by atoms with Gasteiger partial charge in [-0.1, -0.05) is 46.5 Å². The number of nitrogens with zero attached hydrogens (tertiary/aromatic N) is 1. The van der Waals surface area contributed by atoms with Gasteiger partial charge in [0.05, 0.1) is 6.61 Å². The van der Waals surface area contributed by atoms with E-state index in [1.807, 2.05) is 6.92 Å². The summed E-state index contributed by atoms with van der Waals surface area (Å²) >= 11 is 0. The van der Waals surface area contributed by atoms with Gasteiger partial charge in [-0.15, -0.1) is 0 Å². The fourth-order valence-electron chi connectivity index (χ4n) is 3.28. The van der Waals surface area contributed by atoms with Crippen LogP contribution in [0.5, 0.6) is 0 Å². The van der Waals surface area contributed by atoms with Crippen LogP contribution in [0.1, 0.15) is 92.4 Å². The molecule has 26 heavy (non-hydrogen) atoms. The second kappa shape index (κ2) is 15.0. The van der Waals surface area contributed by atoms with Crippen LogP contribution >= 0.6 is 0 Å². The van der Waals surface area contributed by atoms with Crippen molar-refractivity contribution < 1.29 is 14.3 Å². The van der Waals surface area contributed by atoms with Gasteiger partial charge < -0.3 is 15.0 Å². The van der Waals surface area contributed by atoms with Crippen LogP contribution in [0.4, 0.5) is 0 Å². The Morgan fingerprint density at radius 1 is 1.00 bits per heavy atom. The van der Waals surface area contributed by atoms with E-state index in [1.165, 1.54) is 12.8 Å². The SMILES string of the molecule is CCCCCCN(C(=O)CCC(=O)NCCOCC)C(C)(CC)CCC. The highest BCUT2D eigenvalue weighted by atomic mass is 16.5. The molecule has 0 aromatic rings. The highest BCUT2D eigenvalue weighted by Crippen LogP contribution is 2.27. The molecule has 0 aliphatic carbocycles. The molecule has 154 valence electrons. The van der Waals surface area contributed by atoms with Crippen LogP contribution in [0.3, 0.4) is 0 Å². The molecule has 1 atom stereocenters. The number of ether oxygens (including phenoxy) is 1. The predicted octanol–water partition coefficient (Wildman–Crippen LogP) is 4.30. The minimum absolute atomic E-state index is 0.0716. The van der Waals surface area contributed by atoms with Crippen LogP contribution in [-0.4, -0.2) is 48.6 Å². The first kappa shape index (κ1) is 24.9. The summed E-state index contributed by atoms with van der Waals surface area (Å²) in [6, 6.07) is 0. The van der Waals surface area contributed by atoms with Crippen molar-refractivity contribution in [2.45, 2.75) is 97.9 Å². The normalized spacial score (nSPS) is 13.3. The molecule has 0 radical (unpaired) electrons. The van der Waals surface area contributed by atoms with Crippen molar-refractivity contribution in [1.29, 1.82) is 0 Å². The van der Waals surface area contributed by atoms with E-state index in [4.69, 9.17) is 4.74 Å². The molecule has 0 saturated heterocycles. The Balaban J connectivity index is 4.64. The summed E-state index contributed by atoms with van der Waals surface area (Å²) in [4.78, 5) is 26.9. The number of hydrogen-bond acceptors (Lipinski definition) is 3. The van der Waals surface area contributed by atoms with Gasteiger partial charge in [0.2, 0.25) is 11.8 Å². The molecular formula is C21H42N2O3. The van der Waals surface area contributed by atoms with Gasteiger partial charge in [0.25, 0.3) is 0 Å². The van der Waals surface area contributed by atoms with E-state index in [9.17, 15) is 9.59 Å². The molecule has 0 bridgehead atoms. The maximum atomic E-state index is 12.9. The monoisotopic (exact) mass is 370 g/mol. The van der Waals surface area contributed by atoms with Gasteiger partial charge in [0.1, 0.15) is 0 Å². The molecule has 0 aliphatic rings. The first-order chi connectivity index (χ1) is 12.4. The summed E-state index contributed by atoms with van der Waals surface area (Å²) in [6.45, 7) is 13.1. The number of amides is 2. The van der Waals surface area contributed by atoms with Gasteiger partial charge in [0, 0.05) is 38.1 Å². The summed E-state index contributed by atoms with van der Waals surface area (Å²) in [5.41, 5.74) is -0.108. The van der Waals surface area contributed by atoms with Crippen LogP contribution in [0.25, 0.3) is 0 Å². The quantitative estimate of drug-likeness (QED) is 0.412. The van der Waals surface area contributed by atoms with E-state index in [2.05, 4.69) is 37.9 Å². The second-order valence-corrected chi connectivity index (χ2v) is 7.25. The lowest BCUT2D eigenvalue weighted by Gasteiger charge is -2.41. The molecule has 0 spiro atoms. The first-order valence-corrected chi connectivity index (χ1v) is 10.6. The fraction of sp³-hybridized carbons (Fsp3) is 0.905. The number of unbranched alkanes of at least 4 members (excludes halogenated alkanes) is 3. The number of hydrogen-bond donors (Lipinski definition) is 1. The van der Waals surface area contributed by atoms with E-state index < -0.39 is 0 Å². The number of rotatable bonds is 16. The molecule has 0 heterocycles. The lowest BCUT2D eigenvalue weighted by Crippen LogP contribution is -2.50. The largest absolute Gasteiger partial charge is 0.380 e. The summed E-state index contributed by atoms with van der Waals surface area (Å²) in [5.74, 6) is 0.0388. The van der Waals surface area contributed by atoms with Crippen molar-refractivity contribution in [3.8, 4) is 0 Å². The highest BCUT2D eigenvalue weighted by Gasteiger charge is 2.32. The average Bonchev–Trinajstić information content (AvgIpc) is 2.63. The topological polar surface area (TPSA) is 58.6 Å². The van der Waals surface area contributed by atoms with Gasteiger partial charge in [-0.05, 0) is 33.1 Å². The molecule has 1 N–H and O–H groups in total. The van der Waals surface area contributed by atoms with Gasteiger partial charge in [-0.2, -0.15) is 0 Å². The maximum absolute atomic E-state index is 12.9. The Bertz CT molecular complexity index is 387. The zero-order valence-corrected chi connectivity index (χ0v) is 17.9. The maximum Gasteiger partial charge on any atom is 0.223 e. The lowest BCUT2D eigenvalue weighted by molar-refractivity contribution is -0.139. The highest BCUT2D eigenvalue weighted by molar-refractivity contribution is 5.84. The number of carbonyl (C=O) groups is 2. The molecule has 0 fully saturated rings. The van der Waals surface area contributed by atoms with Crippen LogP contribution in [0.15, 0.2) is 0 Å². The Morgan fingerprint density at radius 2 is 1.73 bits per heavy atom. The standard InChI is InChI=1S/C21H42N2O3/c1-6-10-11-12-17-23(21(5,8-3)15-7-2)20(25)14-13-19(24)22-16-18-26-9-4/h6-18H2,1-5H3,(H,22,24). The zero-order valence-electron chi connectivity index (χ0n) is 17.9. The molecule has 5 nitrogen and oxygen atoms in total. The first-order valence-electron chi connectivity index (χ1n) is 10.6. The smallest absolute Gasteiger partial charge is 0.223 e. The van der Waals surface area contributed by atoms with E-state index >= 15 is 0 Å². The van der Waals surface area contributed by atoms with Crippen LogP contribution < -0.4 is 5.32 Å². The molecule has 1 unspecified atom stereocenters. The van der Waals surface area contributed by atoms with Gasteiger partial charge in [-0.25, -0.2) is 0 Å². The molecule has 2 amide bonds. The van der Waals surface area contributed by atoms with E-state index in [-0.39, 0.29) is 30.2 Å². The van der Waals surface area contributed by atoms with E-state index in [0.29, 0.717) is 19.8 Å². The Kier molecular flexibility index (Phi) is 14.4. The summed E-state index contributed by atoms with van der Waals surface area (Å²) in [7, 11) is 0. The lowest BCUT2D eigenvalue weighted by atomic mass is 9.89. The summed E-state index contributed by atoms with van der Waals surface area (Å²) in [6.07, 6.45) is 8.14. The van der Waals surface area contributed by atoms with Crippen molar-refractivity contribution in [2.75, 3.05) is 26.3 Å². The number of carbonyl (C=O) groups excluding carboxylic acids is 2. The minimum Gasteiger partial charge on any atom is -0.380 e. The van der Waals surface area contributed by atoms with E-state index in [1.54, 1.807) is 0 Å². The molecule has 0 aliphatic heterocycles. The molecule has 0 rings (SSSR count). The van der Waals surface area contributed by atoms with Crippen molar-refractivity contribution in [1.82, 2.24) is 10.2 Å². The Hall–Kier alpha value is -1.10. The van der Waals surface area contributed by atoms with Gasteiger partial charge >= 0.3 is 0 Å². The molecule has 0 aromatic carbocycles. The third-order valence-electron chi connectivity index (χ3n) is 5.08. The zero-order chi connectivity index (χ0) is 19.8. The molecule has 5 heteroatoms. The minimum atomic E-state index is -0.108. The van der Waals surface area contributed by atoms with Crippen LogP contribution in [0.2, 0.25) is 0 Å². The van der Waals surface area contributed by atoms with Gasteiger partial charge in [-0.3, -0.25) is 9.59 Å². The van der Waals surface area contributed by atoms with E-state index in [0.717, 1.165) is 38.6 Å². The van der Waals surface area contributed by atoms with Crippen molar-refractivity contribution >= 4 is 11.8 Å². The third kappa shape index (κ3) is 10.1. The molecule has 0 aromatic heterocycles. The third-order valence-corrected chi connectivity index (χ3v) is 5.08. The second-order valence-electron chi connectivity index (χ2n) is 7.25. The van der Waals surface area contributed by atoms with Crippen molar-refractivity contribution in [2.24, 2.45) is 0 Å². The summed E-state index contributed by atoms with van der Waals surface area (Å²) < 4.78 is 5.21. The van der Waals surface area contributed by atoms with Gasteiger partial charge in [0.15, 0.2) is 0 Å². The number of nitrogens with one attached hydrogen (secondary N) is 1. The molecular weight excluding hydrogens is 328 g/mol. The van der Waals surface area contributed by atoms with Crippen molar-refractivity contribution in [3.05, 3.63) is 0 Å². The molecule has 0 saturated carbocycles. The summed E-state index contributed by atoms with van der Waals surface area (Å²) in [5, 5.41) is 2.81. The van der Waals surface area contributed by atoms with Crippen LogP contribution in [-0.2, 0) is 14.3 Å².